The Morgan fingerprint density at radius 1 is 1.22 bits per heavy atom. The highest BCUT2D eigenvalue weighted by atomic mass is 16.5. The second-order valence-corrected chi connectivity index (χ2v) is 6.61. The fraction of sp³-hybridized carbons (Fsp3) is 0.556. The molecule has 1 aromatic carbocycles. The molecule has 2 aliphatic heterocycles. The molecule has 4 atom stereocenters. The minimum atomic E-state index is -0.825. The number of carbonyl (C=O) groups excluding carboxylic acids is 1. The molecule has 0 spiro atoms. The number of hydrogen-bond acceptors (Lipinski definition) is 3. The molecule has 5 heteroatoms. The number of carboxylic acids is 1. The maximum Gasteiger partial charge on any atom is 0.308 e. The van der Waals surface area contributed by atoms with Crippen molar-refractivity contribution in [3.8, 4) is 0 Å². The van der Waals surface area contributed by atoms with E-state index in [0.717, 1.165) is 18.4 Å². The van der Waals surface area contributed by atoms with E-state index in [1.807, 2.05) is 37.3 Å². The Morgan fingerprint density at radius 2 is 1.96 bits per heavy atom. The molecule has 0 radical (unpaired) electrons. The van der Waals surface area contributed by atoms with Crippen LogP contribution >= 0.6 is 0 Å². The number of nitrogens with zero attached hydrogens (tertiary/aromatic N) is 1. The summed E-state index contributed by atoms with van der Waals surface area (Å²) in [6.07, 6.45) is 1.55. The van der Waals surface area contributed by atoms with Crippen LogP contribution in [0, 0.1) is 11.8 Å². The van der Waals surface area contributed by atoms with Crippen LogP contribution in [0.1, 0.15) is 31.2 Å². The molecule has 2 fully saturated rings. The number of rotatable bonds is 3. The van der Waals surface area contributed by atoms with E-state index in [4.69, 9.17) is 4.74 Å². The number of benzene rings is 1. The predicted molar refractivity (Wildman–Crippen MR) is 85.0 cm³/mol. The molecule has 0 saturated carbocycles. The largest absolute Gasteiger partial charge is 0.481 e. The Balaban J connectivity index is 1.75. The zero-order valence-electron chi connectivity index (χ0n) is 13.4. The van der Waals surface area contributed by atoms with Gasteiger partial charge in [-0.15, -0.1) is 0 Å². The van der Waals surface area contributed by atoms with Gasteiger partial charge in [0.05, 0.1) is 12.0 Å². The minimum Gasteiger partial charge on any atom is -0.481 e. The van der Waals surface area contributed by atoms with Gasteiger partial charge >= 0.3 is 5.97 Å². The molecule has 4 unspecified atom stereocenters. The lowest BCUT2D eigenvalue weighted by Gasteiger charge is -2.29. The van der Waals surface area contributed by atoms with Gasteiger partial charge in [0, 0.05) is 31.5 Å². The third-order valence-corrected chi connectivity index (χ3v) is 5.01. The predicted octanol–water partition coefficient (Wildman–Crippen LogP) is 2.13. The van der Waals surface area contributed by atoms with Crippen molar-refractivity contribution in [3.63, 3.8) is 0 Å². The van der Waals surface area contributed by atoms with Gasteiger partial charge in [-0.05, 0) is 25.3 Å². The van der Waals surface area contributed by atoms with Gasteiger partial charge in [-0.3, -0.25) is 9.59 Å². The maximum atomic E-state index is 12.8. The molecule has 1 aromatic rings. The van der Waals surface area contributed by atoms with Gasteiger partial charge < -0.3 is 14.7 Å². The van der Waals surface area contributed by atoms with Crippen molar-refractivity contribution < 1.29 is 19.4 Å². The standard InChI is InChI=1S/C18H23NO4/c1-12-9-14(7-8-23-12)17(20)19-10-15(16(11-19)18(21)22)13-5-3-2-4-6-13/h2-6,12,14-16H,7-11H2,1H3,(H,21,22). The van der Waals surface area contributed by atoms with E-state index in [1.165, 1.54) is 0 Å². The first kappa shape index (κ1) is 16.0. The van der Waals surface area contributed by atoms with Crippen LogP contribution in [-0.4, -0.2) is 47.7 Å². The first-order chi connectivity index (χ1) is 11.1. The average Bonchev–Trinajstić information content (AvgIpc) is 3.00. The number of aliphatic carboxylic acids is 1. The van der Waals surface area contributed by atoms with Gasteiger partial charge in [-0.1, -0.05) is 30.3 Å². The van der Waals surface area contributed by atoms with E-state index >= 15 is 0 Å². The molecule has 124 valence electrons. The average molecular weight is 317 g/mol. The molecule has 0 bridgehead atoms. The molecule has 2 aliphatic rings. The number of likely N-dealkylation sites (tertiary alicyclic amines) is 1. The normalized spacial score (nSPS) is 31.1. The van der Waals surface area contributed by atoms with E-state index < -0.39 is 11.9 Å². The van der Waals surface area contributed by atoms with Crippen molar-refractivity contribution in [3.05, 3.63) is 35.9 Å². The van der Waals surface area contributed by atoms with Gasteiger partial charge in [0.15, 0.2) is 0 Å². The van der Waals surface area contributed by atoms with Crippen LogP contribution in [0.3, 0.4) is 0 Å². The van der Waals surface area contributed by atoms with Crippen molar-refractivity contribution in [2.75, 3.05) is 19.7 Å². The summed E-state index contributed by atoms with van der Waals surface area (Å²) in [4.78, 5) is 26.1. The Morgan fingerprint density at radius 3 is 2.61 bits per heavy atom. The first-order valence-electron chi connectivity index (χ1n) is 8.24. The first-order valence-corrected chi connectivity index (χ1v) is 8.24. The van der Waals surface area contributed by atoms with Gasteiger partial charge in [-0.25, -0.2) is 0 Å². The van der Waals surface area contributed by atoms with Crippen molar-refractivity contribution in [1.82, 2.24) is 4.90 Å². The number of amides is 1. The number of carbonyl (C=O) groups is 2. The zero-order chi connectivity index (χ0) is 16.4. The van der Waals surface area contributed by atoms with E-state index in [-0.39, 0.29) is 23.8 Å². The van der Waals surface area contributed by atoms with E-state index in [2.05, 4.69) is 0 Å². The highest BCUT2D eigenvalue weighted by Gasteiger charge is 2.42. The van der Waals surface area contributed by atoms with E-state index in [9.17, 15) is 14.7 Å². The van der Waals surface area contributed by atoms with Crippen LogP contribution < -0.4 is 0 Å². The molecule has 1 amide bonds. The van der Waals surface area contributed by atoms with Crippen LogP contribution in [0.4, 0.5) is 0 Å². The SMILES string of the molecule is CC1CC(C(=O)N2CC(C(=O)O)C(c3ccccc3)C2)CCO1. The molecule has 0 aliphatic carbocycles. The summed E-state index contributed by atoms with van der Waals surface area (Å²) in [5.41, 5.74) is 0.996. The summed E-state index contributed by atoms with van der Waals surface area (Å²) >= 11 is 0. The zero-order valence-corrected chi connectivity index (χ0v) is 13.4. The topological polar surface area (TPSA) is 66.8 Å². The third-order valence-electron chi connectivity index (χ3n) is 5.01. The highest BCUT2D eigenvalue weighted by molar-refractivity contribution is 5.81. The molecule has 23 heavy (non-hydrogen) atoms. The lowest BCUT2D eigenvalue weighted by Crippen LogP contribution is -2.39. The molecule has 3 rings (SSSR count). The van der Waals surface area contributed by atoms with Crippen molar-refractivity contribution in [1.29, 1.82) is 0 Å². The summed E-state index contributed by atoms with van der Waals surface area (Å²) in [6, 6.07) is 9.65. The summed E-state index contributed by atoms with van der Waals surface area (Å²) in [5, 5.41) is 9.54. The lowest BCUT2D eigenvalue weighted by molar-refractivity contribution is -0.142. The Hall–Kier alpha value is -1.88. The maximum absolute atomic E-state index is 12.8. The van der Waals surface area contributed by atoms with Crippen molar-refractivity contribution >= 4 is 11.9 Å². The van der Waals surface area contributed by atoms with Crippen molar-refractivity contribution in [2.24, 2.45) is 11.8 Å². The Labute approximate surface area is 136 Å². The smallest absolute Gasteiger partial charge is 0.308 e. The molecule has 0 aromatic heterocycles. The second-order valence-electron chi connectivity index (χ2n) is 6.61. The second kappa shape index (κ2) is 6.71. The lowest BCUT2D eigenvalue weighted by atomic mass is 9.89. The molecule has 2 heterocycles. The van der Waals surface area contributed by atoms with Crippen LogP contribution in [0.25, 0.3) is 0 Å². The molecule has 1 N–H and O–H groups in total. The molecule has 5 nitrogen and oxygen atoms in total. The minimum absolute atomic E-state index is 0.0391. The quantitative estimate of drug-likeness (QED) is 0.927. The van der Waals surface area contributed by atoms with Crippen LogP contribution in [0.2, 0.25) is 0 Å². The van der Waals surface area contributed by atoms with Gasteiger partial charge in [-0.2, -0.15) is 0 Å². The van der Waals surface area contributed by atoms with E-state index in [1.54, 1.807) is 4.90 Å². The van der Waals surface area contributed by atoms with Crippen LogP contribution in [0.15, 0.2) is 30.3 Å². The Kier molecular flexibility index (Phi) is 4.66. The van der Waals surface area contributed by atoms with Gasteiger partial charge in [0.25, 0.3) is 0 Å². The molecular weight excluding hydrogens is 294 g/mol. The summed E-state index contributed by atoms with van der Waals surface area (Å²) in [5.74, 6) is -1.43. The molecular formula is C18H23NO4. The van der Waals surface area contributed by atoms with Crippen LogP contribution in [-0.2, 0) is 14.3 Å². The highest BCUT2D eigenvalue weighted by Crippen LogP contribution is 2.34. The number of ether oxygens (including phenoxy) is 1. The van der Waals surface area contributed by atoms with Gasteiger partial charge in [0.1, 0.15) is 0 Å². The van der Waals surface area contributed by atoms with Gasteiger partial charge in [0.2, 0.25) is 5.91 Å². The molecule has 2 saturated heterocycles. The number of carboxylic acid groups (broad SMARTS) is 1. The van der Waals surface area contributed by atoms with E-state index in [0.29, 0.717) is 19.7 Å². The van der Waals surface area contributed by atoms with Crippen LogP contribution in [0.5, 0.6) is 0 Å². The summed E-state index contributed by atoms with van der Waals surface area (Å²) in [7, 11) is 0. The summed E-state index contributed by atoms with van der Waals surface area (Å²) < 4.78 is 5.51. The number of hydrogen-bond donors (Lipinski definition) is 1. The fourth-order valence-electron chi connectivity index (χ4n) is 3.75. The Bertz CT molecular complexity index is 574. The monoisotopic (exact) mass is 317 g/mol. The third kappa shape index (κ3) is 3.39. The fourth-order valence-corrected chi connectivity index (χ4v) is 3.75. The summed E-state index contributed by atoms with van der Waals surface area (Å²) in [6.45, 7) is 3.39. The van der Waals surface area contributed by atoms with Crippen molar-refractivity contribution in [2.45, 2.75) is 31.8 Å².